The molecule has 3 aromatic carbocycles. The molecule has 0 atom stereocenters. The van der Waals surface area contributed by atoms with Gasteiger partial charge in [-0.05, 0) is 74.0 Å². The molecule has 4 rings (SSSR count). The molecule has 0 saturated heterocycles. The van der Waals surface area contributed by atoms with Gasteiger partial charge in [-0.25, -0.2) is 4.83 Å². The lowest BCUT2D eigenvalue weighted by molar-refractivity contribution is 0.340. The number of benzene rings is 3. The molecule has 0 fully saturated rings. The van der Waals surface area contributed by atoms with Crippen LogP contribution in [-0.4, -0.2) is 25.8 Å². The fourth-order valence-electron chi connectivity index (χ4n) is 3.73. The second-order valence-electron chi connectivity index (χ2n) is 7.45. The Morgan fingerprint density at radius 2 is 1.69 bits per heavy atom. The molecule has 4 aromatic rings. The van der Waals surface area contributed by atoms with E-state index in [2.05, 4.69) is 14.5 Å². The number of fused-ring (bicyclic) bond motifs is 1. The van der Waals surface area contributed by atoms with E-state index in [0.717, 1.165) is 39.2 Å². The molecule has 0 aliphatic rings. The van der Waals surface area contributed by atoms with Crippen molar-refractivity contribution in [1.29, 1.82) is 0 Å². The normalized spacial score (nSPS) is 11.8. The Bertz CT molecular complexity index is 1390. The number of hydrogen-bond donors (Lipinski definition) is 1. The number of nitrogens with one attached hydrogen (secondary N) is 1. The van der Waals surface area contributed by atoms with Gasteiger partial charge < -0.3 is 9.30 Å². The van der Waals surface area contributed by atoms with Crippen molar-refractivity contribution in [2.75, 3.05) is 6.61 Å². The number of ether oxygens (including phenoxy) is 1. The van der Waals surface area contributed by atoms with Gasteiger partial charge in [-0.1, -0.05) is 30.3 Å². The number of nitrogens with zero attached hydrogens (tertiary/aromatic N) is 2. The molecular weight excluding hydrogens is 422 g/mol. The molecule has 0 aliphatic heterocycles. The van der Waals surface area contributed by atoms with E-state index in [9.17, 15) is 8.42 Å². The molecule has 0 bridgehead atoms. The Labute approximate surface area is 188 Å². The monoisotopic (exact) mass is 447 g/mol. The Kier molecular flexibility index (Phi) is 6.01. The van der Waals surface area contributed by atoms with Crippen LogP contribution in [0.2, 0.25) is 0 Å². The highest BCUT2D eigenvalue weighted by atomic mass is 32.2. The van der Waals surface area contributed by atoms with Gasteiger partial charge in [0.05, 0.1) is 17.7 Å². The molecule has 1 heterocycles. The Hall–Kier alpha value is -3.58. The summed E-state index contributed by atoms with van der Waals surface area (Å²) in [6.45, 7) is 6.55. The van der Waals surface area contributed by atoms with Crippen molar-refractivity contribution in [3.05, 3.63) is 89.7 Å². The SMILES string of the molecule is CCOc1ccc(-n2c(C)cc(/C=N/NS(=O)(=O)c3ccc4ccccc4c3)c2C)cc1. The molecule has 0 unspecified atom stereocenters. The van der Waals surface area contributed by atoms with Crippen molar-refractivity contribution >= 4 is 27.0 Å². The minimum Gasteiger partial charge on any atom is -0.494 e. The van der Waals surface area contributed by atoms with E-state index >= 15 is 0 Å². The highest BCUT2D eigenvalue weighted by Crippen LogP contribution is 2.22. The minimum atomic E-state index is -3.77. The van der Waals surface area contributed by atoms with Gasteiger partial charge in [0, 0.05) is 22.6 Å². The van der Waals surface area contributed by atoms with Gasteiger partial charge in [0.15, 0.2) is 0 Å². The van der Waals surface area contributed by atoms with Crippen molar-refractivity contribution in [2.24, 2.45) is 5.10 Å². The molecule has 164 valence electrons. The van der Waals surface area contributed by atoms with E-state index in [-0.39, 0.29) is 4.90 Å². The van der Waals surface area contributed by atoms with Crippen molar-refractivity contribution in [2.45, 2.75) is 25.7 Å². The van der Waals surface area contributed by atoms with Crippen molar-refractivity contribution in [3.8, 4) is 11.4 Å². The summed E-state index contributed by atoms with van der Waals surface area (Å²) in [4.78, 5) is 2.50. The first-order valence-electron chi connectivity index (χ1n) is 10.3. The van der Waals surface area contributed by atoms with Gasteiger partial charge in [-0.15, -0.1) is 0 Å². The van der Waals surface area contributed by atoms with E-state index in [1.807, 2.05) is 75.4 Å². The smallest absolute Gasteiger partial charge is 0.276 e. The number of hydrogen-bond acceptors (Lipinski definition) is 4. The molecular formula is C25H25N3O3S. The summed E-state index contributed by atoms with van der Waals surface area (Å²) in [6, 6.07) is 22.5. The van der Waals surface area contributed by atoms with Gasteiger partial charge >= 0.3 is 0 Å². The summed E-state index contributed by atoms with van der Waals surface area (Å²) in [5.41, 5.74) is 3.81. The average molecular weight is 448 g/mol. The van der Waals surface area contributed by atoms with Gasteiger partial charge in [0.25, 0.3) is 10.0 Å². The number of aromatic nitrogens is 1. The maximum atomic E-state index is 12.7. The quantitative estimate of drug-likeness (QED) is 0.322. The van der Waals surface area contributed by atoms with E-state index < -0.39 is 10.0 Å². The van der Waals surface area contributed by atoms with Crippen LogP contribution < -0.4 is 9.57 Å². The third-order valence-electron chi connectivity index (χ3n) is 5.28. The number of sulfonamides is 1. The Balaban J connectivity index is 1.55. The molecule has 32 heavy (non-hydrogen) atoms. The summed E-state index contributed by atoms with van der Waals surface area (Å²) < 4.78 is 33.0. The van der Waals surface area contributed by atoms with Crippen molar-refractivity contribution < 1.29 is 13.2 Å². The zero-order chi connectivity index (χ0) is 22.7. The first kappa shape index (κ1) is 21.6. The minimum absolute atomic E-state index is 0.174. The van der Waals surface area contributed by atoms with E-state index in [1.54, 1.807) is 18.2 Å². The van der Waals surface area contributed by atoms with E-state index in [0.29, 0.717) is 6.61 Å². The predicted molar refractivity (Wildman–Crippen MR) is 128 cm³/mol. The molecule has 0 saturated carbocycles. The second kappa shape index (κ2) is 8.88. The van der Waals surface area contributed by atoms with Crippen LogP contribution in [0, 0.1) is 13.8 Å². The van der Waals surface area contributed by atoms with Crippen LogP contribution in [0.3, 0.4) is 0 Å². The van der Waals surface area contributed by atoms with Gasteiger partial charge in [-0.2, -0.15) is 13.5 Å². The standard InChI is InChI=1S/C25H25N3O3S/c1-4-31-24-12-10-23(11-13-24)28-18(2)15-22(19(28)3)17-26-27-32(29,30)25-14-9-20-7-5-6-8-21(20)16-25/h5-17,27H,4H2,1-3H3/b26-17+. The van der Waals surface area contributed by atoms with Crippen LogP contribution in [0.25, 0.3) is 16.5 Å². The fourth-order valence-corrected chi connectivity index (χ4v) is 4.55. The zero-order valence-electron chi connectivity index (χ0n) is 18.2. The Morgan fingerprint density at radius 3 is 2.41 bits per heavy atom. The zero-order valence-corrected chi connectivity index (χ0v) is 19.1. The van der Waals surface area contributed by atoms with E-state index in [4.69, 9.17) is 4.74 Å². The maximum Gasteiger partial charge on any atom is 0.276 e. The second-order valence-corrected chi connectivity index (χ2v) is 9.11. The topological polar surface area (TPSA) is 72.7 Å². The van der Waals surface area contributed by atoms with Crippen LogP contribution >= 0.6 is 0 Å². The molecule has 1 aromatic heterocycles. The molecule has 7 heteroatoms. The van der Waals surface area contributed by atoms with Crippen molar-refractivity contribution in [1.82, 2.24) is 9.40 Å². The number of rotatable bonds is 7. The third-order valence-corrected chi connectivity index (χ3v) is 6.50. The summed E-state index contributed by atoms with van der Waals surface area (Å²) in [5.74, 6) is 0.823. The number of hydrazone groups is 1. The lowest BCUT2D eigenvalue weighted by Crippen LogP contribution is -2.18. The van der Waals surface area contributed by atoms with Crippen LogP contribution in [0.4, 0.5) is 0 Å². The van der Waals surface area contributed by atoms with Crippen LogP contribution in [0.1, 0.15) is 23.9 Å². The Morgan fingerprint density at radius 1 is 0.969 bits per heavy atom. The molecule has 6 nitrogen and oxygen atoms in total. The number of aryl methyl sites for hydroxylation is 1. The highest BCUT2D eigenvalue weighted by Gasteiger charge is 2.14. The van der Waals surface area contributed by atoms with Gasteiger partial charge in [-0.3, -0.25) is 0 Å². The summed E-state index contributed by atoms with van der Waals surface area (Å²) >= 11 is 0. The largest absolute Gasteiger partial charge is 0.494 e. The van der Waals surface area contributed by atoms with Crippen LogP contribution in [0.15, 0.2) is 82.8 Å². The van der Waals surface area contributed by atoms with Gasteiger partial charge in [0.2, 0.25) is 0 Å². The van der Waals surface area contributed by atoms with Gasteiger partial charge in [0.1, 0.15) is 5.75 Å². The summed E-state index contributed by atoms with van der Waals surface area (Å²) in [5, 5.41) is 5.86. The average Bonchev–Trinajstić information content (AvgIpc) is 3.07. The lowest BCUT2D eigenvalue weighted by atomic mass is 10.1. The van der Waals surface area contributed by atoms with Crippen molar-refractivity contribution in [3.63, 3.8) is 0 Å². The lowest BCUT2D eigenvalue weighted by Gasteiger charge is -2.11. The third kappa shape index (κ3) is 4.38. The molecule has 1 N–H and O–H groups in total. The highest BCUT2D eigenvalue weighted by molar-refractivity contribution is 7.89. The predicted octanol–water partition coefficient (Wildman–Crippen LogP) is 4.96. The first-order chi connectivity index (χ1) is 15.4. The summed E-state index contributed by atoms with van der Waals surface area (Å²) in [6.07, 6.45) is 1.53. The molecule has 0 aliphatic carbocycles. The fraction of sp³-hybridized carbons (Fsp3) is 0.160. The summed E-state index contributed by atoms with van der Waals surface area (Å²) in [7, 11) is -3.77. The first-order valence-corrected chi connectivity index (χ1v) is 11.8. The van der Waals surface area contributed by atoms with Crippen LogP contribution in [0.5, 0.6) is 5.75 Å². The molecule has 0 amide bonds. The van der Waals surface area contributed by atoms with E-state index in [1.165, 1.54) is 6.21 Å². The molecule has 0 spiro atoms. The molecule has 0 radical (unpaired) electrons. The van der Waals surface area contributed by atoms with Crippen LogP contribution in [-0.2, 0) is 10.0 Å². The maximum absolute atomic E-state index is 12.7.